The van der Waals surface area contributed by atoms with Gasteiger partial charge in [-0.1, -0.05) is 11.6 Å². The first kappa shape index (κ1) is 17.0. The Bertz CT molecular complexity index is 839. The number of aromatic nitrogens is 1. The van der Waals surface area contributed by atoms with Crippen molar-refractivity contribution < 1.29 is 14.3 Å². The van der Waals surface area contributed by atoms with Crippen LogP contribution in [0.5, 0.6) is 5.75 Å². The van der Waals surface area contributed by atoms with Gasteiger partial charge in [-0.3, -0.25) is 9.59 Å². The Morgan fingerprint density at radius 1 is 1.36 bits per heavy atom. The summed E-state index contributed by atoms with van der Waals surface area (Å²) in [7, 11) is 0. The van der Waals surface area contributed by atoms with E-state index in [-0.39, 0.29) is 24.5 Å². The third-order valence-corrected chi connectivity index (χ3v) is 3.69. The van der Waals surface area contributed by atoms with Crippen LogP contribution in [0.3, 0.4) is 0 Å². The molecule has 130 valence electrons. The highest BCUT2D eigenvalue weighted by molar-refractivity contribution is 6.32. The average Bonchev–Trinajstić information content (AvgIpc) is 2.56. The number of rotatable bonds is 4. The maximum Gasteiger partial charge on any atom is 0.257 e. The summed E-state index contributed by atoms with van der Waals surface area (Å²) in [5, 5.41) is 8.70. The van der Waals surface area contributed by atoms with E-state index in [4.69, 9.17) is 16.3 Å². The number of ether oxygens (including phenoxy) is 1. The number of carbonyl (C=O) groups is 2. The molecule has 3 rings (SSSR count). The lowest BCUT2D eigenvalue weighted by molar-refractivity contribution is -0.114. The predicted octanol–water partition coefficient (Wildman–Crippen LogP) is 3.14. The van der Waals surface area contributed by atoms with Crippen molar-refractivity contribution >= 4 is 40.6 Å². The van der Waals surface area contributed by atoms with Gasteiger partial charge in [-0.2, -0.15) is 0 Å². The number of nitrogens with one attached hydrogen (secondary N) is 3. The van der Waals surface area contributed by atoms with Crippen LogP contribution in [0.4, 0.5) is 17.2 Å². The van der Waals surface area contributed by atoms with Crippen molar-refractivity contribution in [2.24, 2.45) is 0 Å². The van der Waals surface area contributed by atoms with Gasteiger partial charge in [0.1, 0.15) is 11.6 Å². The Morgan fingerprint density at radius 2 is 2.16 bits per heavy atom. The van der Waals surface area contributed by atoms with Crippen LogP contribution in [0.15, 0.2) is 30.5 Å². The maximum atomic E-state index is 12.4. The average molecular weight is 361 g/mol. The molecule has 0 bridgehead atoms. The largest absolute Gasteiger partial charge is 0.489 e. The quantitative estimate of drug-likeness (QED) is 0.779. The highest BCUT2D eigenvalue weighted by atomic mass is 35.5. The molecule has 0 unspecified atom stereocenters. The summed E-state index contributed by atoms with van der Waals surface area (Å²) in [6, 6.07) is 6.59. The number of amides is 2. The molecule has 1 aliphatic heterocycles. The van der Waals surface area contributed by atoms with Crippen LogP contribution in [0.25, 0.3) is 0 Å². The molecule has 0 atom stereocenters. The normalized spacial score (nSPS) is 12.9. The molecular weight excluding hydrogens is 344 g/mol. The van der Waals surface area contributed by atoms with Gasteiger partial charge in [0.15, 0.2) is 0 Å². The Hall–Kier alpha value is -2.80. The molecule has 0 aliphatic carbocycles. The van der Waals surface area contributed by atoms with Gasteiger partial charge >= 0.3 is 0 Å². The SMILES string of the molecule is CC(C)Oc1ccc(NC(=O)c2cnc3c(c2)NC(=O)CN3)cc1Cl. The third kappa shape index (κ3) is 4.00. The standard InChI is InChI=1S/C17H17ClN4O3/c1-9(2)25-14-4-3-11(6-12(14)18)21-17(24)10-5-13-16(19-7-10)20-8-15(23)22-13/h3-7,9H,8H2,1-2H3,(H,19,20)(H,21,24)(H,22,23). The summed E-state index contributed by atoms with van der Waals surface area (Å²) in [6.07, 6.45) is 1.44. The molecule has 0 saturated carbocycles. The molecule has 0 fully saturated rings. The number of pyridine rings is 1. The number of halogens is 1. The summed E-state index contributed by atoms with van der Waals surface area (Å²) in [4.78, 5) is 28.0. The molecule has 3 N–H and O–H groups in total. The van der Waals surface area contributed by atoms with Crippen molar-refractivity contribution in [1.29, 1.82) is 0 Å². The van der Waals surface area contributed by atoms with E-state index in [1.54, 1.807) is 24.3 Å². The molecule has 1 aromatic carbocycles. The summed E-state index contributed by atoms with van der Waals surface area (Å²) in [5.74, 6) is 0.552. The van der Waals surface area contributed by atoms with Crippen LogP contribution in [-0.4, -0.2) is 29.4 Å². The molecular formula is C17H17ClN4O3. The van der Waals surface area contributed by atoms with Gasteiger partial charge in [0.25, 0.3) is 5.91 Å². The number of nitrogens with zero attached hydrogens (tertiary/aromatic N) is 1. The zero-order chi connectivity index (χ0) is 18.0. The molecule has 0 saturated heterocycles. The van der Waals surface area contributed by atoms with Crippen LogP contribution >= 0.6 is 11.6 Å². The van der Waals surface area contributed by atoms with Crippen molar-refractivity contribution in [3.63, 3.8) is 0 Å². The van der Waals surface area contributed by atoms with Crippen molar-refractivity contribution in [3.05, 3.63) is 41.0 Å². The van der Waals surface area contributed by atoms with Crippen molar-refractivity contribution in [2.75, 3.05) is 22.5 Å². The van der Waals surface area contributed by atoms with E-state index in [0.29, 0.717) is 33.5 Å². The van der Waals surface area contributed by atoms with Crippen molar-refractivity contribution in [1.82, 2.24) is 4.98 Å². The monoisotopic (exact) mass is 360 g/mol. The van der Waals surface area contributed by atoms with Gasteiger partial charge in [0.05, 0.1) is 28.9 Å². The molecule has 0 spiro atoms. The maximum absolute atomic E-state index is 12.4. The first-order valence-corrected chi connectivity index (χ1v) is 8.11. The fourth-order valence-electron chi connectivity index (χ4n) is 2.31. The van der Waals surface area contributed by atoms with E-state index in [1.807, 2.05) is 13.8 Å². The highest BCUT2D eigenvalue weighted by Crippen LogP contribution is 2.29. The molecule has 1 aromatic heterocycles. The summed E-state index contributed by atoms with van der Waals surface area (Å²) < 4.78 is 5.56. The lowest BCUT2D eigenvalue weighted by atomic mass is 10.2. The first-order valence-electron chi connectivity index (χ1n) is 7.73. The fraction of sp³-hybridized carbons (Fsp3) is 0.235. The van der Waals surface area contributed by atoms with E-state index >= 15 is 0 Å². The van der Waals surface area contributed by atoms with E-state index in [2.05, 4.69) is 20.9 Å². The van der Waals surface area contributed by atoms with Crippen molar-refractivity contribution in [3.8, 4) is 5.75 Å². The second kappa shape index (κ2) is 6.98. The molecule has 2 heterocycles. The Labute approximate surface area is 149 Å². The molecule has 25 heavy (non-hydrogen) atoms. The number of hydrogen-bond acceptors (Lipinski definition) is 5. The minimum Gasteiger partial charge on any atom is -0.489 e. The Kier molecular flexibility index (Phi) is 4.76. The van der Waals surface area contributed by atoms with Gasteiger partial charge in [0, 0.05) is 11.9 Å². The number of benzene rings is 1. The zero-order valence-corrected chi connectivity index (χ0v) is 14.5. The third-order valence-electron chi connectivity index (χ3n) is 3.39. The van der Waals surface area contributed by atoms with Crippen LogP contribution < -0.4 is 20.7 Å². The number of fused-ring (bicyclic) bond motifs is 1. The lowest BCUT2D eigenvalue weighted by Crippen LogP contribution is -2.28. The number of carbonyl (C=O) groups excluding carboxylic acids is 2. The van der Waals surface area contributed by atoms with E-state index < -0.39 is 0 Å². The second-order valence-electron chi connectivity index (χ2n) is 5.79. The smallest absolute Gasteiger partial charge is 0.257 e. The first-order chi connectivity index (χ1) is 11.9. The topological polar surface area (TPSA) is 92.3 Å². The lowest BCUT2D eigenvalue weighted by Gasteiger charge is -2.18. The van der Waals surface area contributed by atoms with Gasteiger partial charge in [-0.25, -0.2) is 4.98 Å². The molecule has 8 heteroatoms. The minimum atomic E-state index is -0.358. The van der Waals surface area contributed by atoms with E-state index in [1.165, 1.54) is 6.20 Å². The number of hydrogen-bond donors (Lipinski definition) is 3. The predicted molar refractivity (Wildman–Crippen MR) is 96.5 cm³/mol. The van der Waals surface area contributed by atoms with Gasteiger partial charge in [0.2, 0.25) is 5.91 Å². The Balaban J connectivity index is 1.75. The van der Waals surface area contributed by atoms with Gasteiger partial charge in [-0.15, -0.1) is 0 Å². The van der Waals surface area contributed by atoms with Gasteiger partial charge in [-0.05, 0) is 38.1 Å². The molecule has 1 aliphatic rings. The fourth-order valence-corrected chi connectivity index (χ4v) is 2.54. The minimum absolute atomic E-state index is 0.00308. The van der Waals surface area contributed by atoms with Crippen LogP contribution in [0.1, 0.15) is 24.2 Å². The molecule has 2 aromatic rings. The van der Waals surface area contributed by atoms with Crippen LogP contribution in [0, 0.1) is 0 Å². The summed E-state index contributed by atoms with van der Waals surface area (Å²) in [5.41, 5.74) is 1.33. The second-order valence-corrected chi connectivity index (χ2v) is 6.20. The zero-order valence-electron chi connectivity index (χ0n) is 13.7. The van der Waals surface area contributed by atoms with Gasteiger partial charge < -0.3 is 20.7 Å². The van der Waals surface area contributed by atoms with E-state index in [9.17, 15) is 9.59 Å². The van der Waals surface area contributed by atoms with Crippen LogP contribution in [0.2, 0.25) is 5.02 Å². The highest BCUT2D eigenvalue weighted by Gasteiger charge is 2.18. The molecule has 7 nitrogen and oxygen atoms in total. The molecule has 0 radical (unpaired) electrons. The summed E-state index contributed by atoms with van der Waals surface area (Å²) in [6.45, 7) is 3.97. The molecule has 2 amide bonds. The summed E-state index contributed by atoms with van der Waals surface area (Å²) >= 11 is 6.17. The Morgan fingerprint density at radius 3 is 2.88 bits per heavy atom. The van der Waals surface area contributed by atoms with E-state index in [0.717, 1.165) is 0 Å². The van der Waals surface area contributed by atoms with Crippen molar-refractivity contribution in [2.45, 2.75) is 20.0 Å². The van der Waals surface area contributed by atoms with Crippen LogP contribution in [-0.2, 0) is 4.79 Å². The number of anilines is 3.